The summed E-state index contributed by atoms with van der Waals surface area (Å²) in [5, 5.41) is 3.46. The molecule has 0 bridgehead atoms. The van der Waals surface area contributed by atoms with Gasteiger partial charge >= 0.3 is 0 Å². The first kappa shape index (κ1) is 17.0. The maximum atomic E-state index is 4.78. The van der Waals surface area contributed by atoms with Gasteiger partial charge in [0, 0.05) is 17.7 Å². The summed E-state index contributed by atoms with van der Waals surface area (Å²) in [5.41, 5.74) is 4.75. The molecule has 4 rings (SSSR count). The average molecular weight is 345 g/mol. The van der Waals surface area contributed by atoms with E-state index in [1.54, 1.807) is 0 Å². The number of aromatic nitrogens is 2. The van der Waals surface area contributed by atoms with E-state index in [-0.39, 0.29) is 0 Å². The van der Waals surface area contributed by atoms with Crippen molar-refractivity contribution in [3.8, 4) is 22.5 Å². The molecule has 1 saturated heterocycles. The van der Waals surface area contributed by atoms with Gasteiger partial charge < -0.3 is 9.88 Å². The van der Waals surface area contributed by atoms with Crippen LogP contribution in [0.5, 0.6) is 0 Å². The van der Waals surface area contributed by atoms with Crippen molar-refractivity contribution < 1.29 is 0 Å². The molecule has 134 valence electrons. The molecule has 2 aromatic carbocycles. The zero-order valence-corrected chi connectivity index (χ0v) is 15.3. The zero-order valence-electron chi connectivity index (χ0n) is 15.3. The molecule has 0 spiro atoms. The molecule has 1 fully saturated rings. The van der Waals surface area contributed by atoms with Crippen LogP contribution in [0.15, 0.2) is 67.0 Å². The van der Waals surface area contributed by atoms with Crippen LogP contribution in [-0.4, -0.2) is 22.6 Å². The van der Waals surface area contributed by atoms with Crippen LogP contribution in [0.25, 0.3) is 22.5 Å². The lowest BCUT2D eigenvalue weighted by Gasteiger charge is -2.22. The lowest BCUT2D eigenvalue weighted by atomic mass is 9.93. The van der Waals surface area contributed by atoms with Gasteiger partial charge in [0.25, 0.3) is 0 Å². The second-order valence-electron chi connectivity index (χ2n) is 7.20. The molecule has 0 radical (unpaired) electrons. The zero-order chi connectivity index (χ0) is 17.6. The van der Waals surface area contributed by atoms with Crippen molar-refractivity contribution >= 4 is 0 Å². The number of rotatable bonds is 6. The summed E-state index contributed by atoms with van der Waals surface area (Å²) < 4.78 is 2.35. The normalized spacial score (nSPS) is 15.2. The molecule has 0 aliphatic carbocycles. The first-order chi connectivity index (χ1) is 12.9. The topological polar surface area (TPSA) is 29.9 Å². The predicted molar refractivity (Wildman–Crippen MR) is 108 cm³/mol. The molecular formula is C23H27N3. The minimum absolute atomic E-state index is 0.883. The molecule has 0 unspecified atom stereocenters. The van der Waals surface area contributed by atoms with E-state index in [4.69, 9.17) is 4.98 Å². The first-order valence-electron chi connectivity index (χ1n) is 9.78. The van der Waals surface area contributed by atoms with Crippen LogP contribution < -0.4 is 5.32 Å². The van der Waals surface area contributed by atoms with Crippen LogP contribution in [0.1, 0.15) is 25.7 Å². The van der Waals surface area contributed by atoms with E-state index in [1.165, 1.54) is 55.6 Å². The van der Waals surface area contributed by atoms with Gasteiger partial charge in [-0.15, -0.1) is 0 Å². The minimum atomic E-state index is 0.883. The van der Waals surface area contributed by atoms with E-state index >= 15 is 0 Å². The summed E-state index contributed by atoms with van der Waals surface area (Å²) in [7, 11) is 0. The Hall–Kier alpha value is -2.39. The Morgan fingerprint density at radius 2 is 1.54 bits per heavy atom. The van der Waals surface area contributed by atoms with E-state index in [9.17, 15) is 0 Å². The Morgan fingerprint density at radius 1 is 0.885 bits per heavy atom. The Morgan fingerprint density at radius 3 is 2.23 bits per heavy atom. The Kier molecular flexibility index (Phi) is 5.46. The molecule has 1 N–H and O–H groups in total. The smallest absolute Gasteiger partial charge is 0.0963 e. The fourth-order valence-electron chi connectivity index (χ4n) is 3.98. The van der Waals surface area contributed by atoms with Gasteiger partial charge in [-0.05, 0) is 44.7 Å². The Bertz CT molecular complexity index is 802. The van der Waals surface area contributed by atoms with Gasteiger partial charge in [0.1, 0.15) is 0 Å². The van der Waals surface area contributed by atoms with Gasteiger partial charge in [-0.2, -0.15) is 0 Å². The van der Waals surface area contributed by atoms with Crippen molar-refractivity contribution in [3.63, 3.8) is 0 Å². The largest absolute Gasteiger partial charge is 0.330 e. The molecule has 1 aliphatic heterocycles. The summed E-state index contributed by atoms with van der Waals surface area (Å²) in [6.07, 6.45) is 7.20. The van der Waals surface area contributed by atoms with E-state index in [0.717, 1.165) is 18.2 Å². The lowest BCUT2D eigenvalue weighted by molar-refractivity contribution is 0.340. The predicted octanol–water partition coefficient (Wildman–Crippen LogP) is 5.00. The van der Waals surface area contributed by atoms with E-state index in [2.05, 4.69) is 70.5 Å². The summed E-state index contributed by atoms with van der Waals surface area (Å²) in [4.78, 5) is 4.78. The van der Waals surface area contributed by atoms with Crippen molar-refractivity contribution in [3.05, 3.63) is 67.0 Å². The van der Waals surface area contributed by atoms with E-state index in [1.807, 2.05) is 6.33 Å². The lowest BCUT2D eigenvalue weighted by Crippen LogP contribution is -2.27. The summed E-state index contributed by atoms with van der Waals surface area (Å²) in [5.74, 6) is 0.883. The van der Waals surface area contributed by atoms with Crippen molar-refractivity contribution in [2.24, 2.45) is 5.92 Å². The second kappa shape index (κ2) is 8.33. The fourth-order valence-corrected chi connectivity index (χ4v) is 3.98. The number of imidazole rings is 1. The highest BCUT2D eigenvalue weighted by Crippen LogP contribution is 2.31. The summed E-state index contributed by atoms with van der Waals surface area (Å²) >= 11 is 0. The van der Waals surface area contributed by atoms with Crippen molar-refractivity contribution in [1.29, 1.82) is 0 Å². The average Bonchev–Trinajstić information content (AvgIpc) is 3.14. The van der Waals surface area contributed by atoms with Crippen molar-refractivity contribution in [2.45, 2.75) is 32.2 Å². The molecule has 3 aromatic rings. The number of aryl methyl sites for hydroxylation is 1. The number of piperidine rings is 1. The van der Waals surface area contributed by atoms with Crippen LogP contribution in [-0.2, 0) is 6.54 Å². The van der Waals surface area contributed by atoms with Crippen LogP contribution in [0.2, 0.25) is 0 Å². The molecule has 3 nitrogen and oxygen atoms in total. The quantitative estimate of drug-likeness (QED) is 0.681. The van der Waals surface area contributed by atoms with E-state index in [0.29, 0.717) is 0 Å². The maximum Gasteiger partial charge on any atom is 0.0963 e. The van der Waals surface area contributed by atoms with Gasteiger partial charge in [0.15, 0.2) is 0 Å². The highest BCUT2D eigenvalue weighted by Gasteiger charge is 2.16. The van der Waals surface area contributed by atoms with E-state index < -0.39 is 0 Å². The molecule has 1 aromatic heterocycles. The molecule has 0 atom stereocenters. The number of hydrogen-bond donors (Lipinski definition) is 1. The van der Waals surface area contributed by atoms with Crippen LogP contribution in [0.4, 0.5) is 0 Å². The third-order valence-corrected chi connectivity index (χ3v) is 5.40. The third-order valence-electron chi connectivity index (χ3n) is 5.40. The molecular weight excluding hydrogens is 318 g/mol. The fraction of sp³-hybridized carbons (Fsp3) is 0.348. The molecule has 3 heteroatoms. The van der Waals surface area contributed by atoms with Gasteiger partial charge in [-0.25, -0.2) is 4.98 Å². The molecule has 26 heavy (non-hydrogen) atoms. The summed E-state index contributed by atoms with van der Waals surface area (Å²) in [6, 6.07) is 21.2. The monoisotopic (exact) mass is 345 g/mol. The van der Waals surface area contributed by atoms with Crippen molar-refractivity contribution in [2.75, 3.05) is 13.1 Å². The van der Waals surface area contributed by atoms with Crippen molar-refractivity contribution in [1.82, 2.24) is 14.9 Å². The maximum absolute atomic E-state index is 4.78. The van der Waals surface area contributed by atoms with Crippen LogP contribution >= 0.6 is 0 Å². The first-order valence-corrected chi connectivity index (χ1v) is 9.78. The van der Waals surface area contributed by atoms with Gasteiger partial charge in [0.2, 0.25) is 0 Å². The highest BCUT2D eigenvalue weighted by atomic mass is 15.1. The van der Waals surface area contributed by atoms with Crippen LogP contribution in [0.3, 0.4) is 0 Å². The Balaban J connectivity index is 1.57. The number of nitrogens with zero attached hydrogens (tertiary/aromatic N) is 2. The van der Waals surface area contributed by atoms with Gasteiger partial charge in [-0.1, -0.05) is 60.7 Å². The molecule has 0 saturated carbocycles. The van der Waals surface area contributed by atoms with Crippen LogP contribution in [0, 0.1) is 5.92 Å². The summed E-state index contributed by atoms with van der Waals surface area (Å²) in [6.45, 7) is 3.40. The SMILES string of the molecule is c1ccc(-c2ncn(CCCC3CCNCC3)c2-c2ccccc2)cc1. The number of hydrogen-bond acceptors (Lipinski definition) is 2. The molecule has 1 aliphatic rings. The second-order valence-corrected chi connectivity index (χ2v) is 7.20. The molecule has 0 amide bonds. The van der Waals surface area contributed by atoms with Gasteiger partial charge in [-0.3, -0.25) is 0 Å². The number of benzene rings is 2. The van der Waals surface area contributed by atoms with Gasteiger partial charge in [0.05, 0.1) is 17.7 Å². The third kappa shape index (κ3) is 3.88. The molecule has 2 heterocycles. The Labute approximate surface area is 156 Å². The number of nitrogens with one attached hydrogen (secondary N) is 1. The minimum Gasteiger partial charge on any atom is -0.330 e. The highest BCUT2D eigenvalue weighted by molar-refractivity contribution is 5.78. The standard InChI is InChI=1S/C23H27N3/c1-3-9-20(10-4-1)22-23(21-11-5-2-6-12-21)26(18-25-22)17-7-8-19-13-15-24-16-14-19/h1-6,9-12,18-19,24H,7-8,13-17H2.